The molecule has 0 bridgehead atoms. The topological polar surface area (TPSA) is 15.0 Å². The first-order chi connectivity index (χ1) is 23.8. The SMILES string of the molecule is c1ccc(C2=[N+](c3cc(-c4ccc5ccccc5c4)cc(-c4ccc5ccccc5c4)c3)C(c3ccccc3-c3ccccc3)N2)cc1. The van der Waals surface area contributed by atoms with Crippen LogP contribution in [0.5, 0.6) is 0 Å². The van der Waals surface area contributed by atoms with Crippen LogP contribution in [-0.4, -0.2) is 10.4 Å². The monoisotopic (exact) mass is 613 g/mol. The highest BCUT2D eigenvalue weighted by atomic mass is 15.3. The first kappa shape index (κ1) is 28.0. The standard InChI is InChI=1S/C46H32N2/c1-3-15-34(16-4-1)43-21-11-12-22-44(43)46-47-45(35-17-5-2-6-18-35)48(46)42-30-40(38-25-23-32-13-7-9-19-36(32)27-38)29-41(31-42)39-26-24-33-14-8-10-20-37(33)28-39/h1-31,46H/p+1. The third-order valence-electron chi connectivity index (χ3n) is 9.52. The molecule has 0 saturated heterocycles. The Morgan fingerprint density at radius 3 is 1.46 bits per heavy atom. The highest BCUT2D eigenvalue weighted by Gasteiger charge is 2.42. The Bertz CT molecular complexity index is 2380. The van der Waals surface area contributed by atoms with Crippen LogP contribution in [0.3, 0.4) is 0 Å². The van der Waals surface area contributed by atoms with Crippen molar-refractivity contribution < 1.29 is 4.58 Å². The Morgan fingerprint density at radius 1 is 0.354 bits per heavy atom. The number of nitrogens with zero attached hydrogens (tertiary/aromatic N) is 1. The smallest absolute Gasteiger partial charge is 0.229 e. The molecule has 2 heteroatoms. The average Bonchev–Trinajstić information content (AvgIpc) is 3.15. The normalized spacial score (nSPS) is 14.1. The summed E-state index contributed by atoms with van der Waals surface area (Å²) in [6, 6.07) is 68.0. The fourth-order valence-corrected chi connectivity index (χ4v) is 7.08. The molecule has 0 aliphatic carbocycles. The van der Waals surface area contributed by atoms with Gasteiger partial charge in [-0.25, -0.2) is 5.32 Å². The molecule has 1 N–H and O–H groups in total. The van der Waals surface area contributed by atoms with Gasteiger partial charge in [-0.3, -0.25) is 0 Å². The fraction of sp³-hybridized carbons (Fsp3) is 0.0217. The van der Waals surface area contributed by atoms with Crippen molar-refractivity contribution in [3.63, 3.8) is 0 Å². The van der Waals surface area contributed by atoms with Gasteiger partial charge < -0.3 is 0 Å². The van der Waals surface area contributed by atoms with Crippen LogP contribution >= 0.6 is 0 Å². The van der Waals surface area contributed by atoms with E-state index in [1.807, 2.05) is 0 Å². The molecule has 9 rings (SSSR count). The van der Waals surface area contributed by atoms with Gasteiger partial charge in [-0.2, -0.15) is 4.58 Å². The molecule has 0 saturated carbocycles. The zero-order valence-electron chi connectivity index (χ0n) is 26.4. The highest BCUT2D eigenvalue weighted by Crippen LogP contribution is 2.40. The van der Waals surface area contributed by atoms with Gasteiger partial charge in [0.2, 0.25) is 0 Å². The number of rotatable bonds is 6. The van der Waals surface area contributed by atoms with Gasteiger partial charge in [0.1, 0.15) is 5.69 Å². The van der Waals surface area contributed by atoms with Gasteiger partial charge in [0.05, 0.1) is 5.56 Å². The van der Waals surface area contributed by atoms with Crippen molar-refractivity contribution in [2.24, 2.45) is 0 Å². The number of benzene rings is 8. The molecule has 0 aromatic heterocycles. The van der Waals surface area contributed by atoms with Crippen molar-refractivity contribution in [3.8, 4) is 33.4 Å². The quantitative estimate of drug-likeness (QED) is 0.184. The molecule has 1 unspecified atom stereocenters. The van der Waals surface area contributed by atoms with Crippen molar-refractivity contribution in [2.75, 3.05) is 0 Å². The maximum atomic E-state index is 3.88. The zero-order valence-corrected chi connectivity index (χ0v) is 26.4. The van der Waals surface area contributed by atoms with E-state index in [9.17, 15) is 0 Å². The van der Waals surface area contributed by atoms with Crippen LogP contribution in [0.4, 0.5) is 5.69 Å². The minimum atomic E-state index is -0.0482. The molecule has 0 amide bonds. The van der Waals surface area contributed by atoms with Gasteiger partial charge in [-0.05, 0) is 103 Å². The average molecular weight is 614 g/mol. The molecule has 1 aliphatic heterocycles. The van der Waals surface area contributed by atoms with Crippen molar-refractivity contribution in [1.82, 2.24) is 5.32 Å². The highest BCUT2D eigenvalue weighted by molar-refractivity contribution is 5.99. The summed E-state index contributed by atoms with van der Waals surface area (Å²) < 4.78 is 2.48. The van der Waals surface area contributed by atoms with Gasteiger partial charge in [0.15, 0.2) is 0 Å². The van der Waals surface area contributed by atoms with Crippen LogP contribution in [0.15, 0.2) is 188 Å². The van der Waals surface area contributed by atoms with Crippen molar-refractivity contribution in [2.45, 2.75) is 6.17 Å². The second kappa shape index (κ2) is 11.8. The van der Waals surface area contributed by atoms with E-state index < -0.39 is 0 Å². The summed E-state index contributed by atoms with van der Waals surface area (Å²) in [7, 11) is 0. The van der Waals surface area contributed by atoms with Gasteiger partial charge in [-0.15, -0.1) is 0 Å². The lowest BCUT2D eigenvalue weighted by Crippen LogP contribution is -2.51. The summed E-state index contributed by atoms with van der Waals surface area (Å²) >= 11 is 0. The van der Waals surface area contributed by atoms with Gasteiger partial charge in [0.25, 0.3) is 12.0 Å². The molecule has 48 heavy (non-hydrogen) atoms. The summed E-state index contributed by atoms with van der Waals surface area (Å²) in [6.07, 6.45) is -0.0482. The maximum absolute atomic E-state index is 3.88. The predicted molar refractivity (Wildman–Crippen MR) is 201 cm³/mol. The van der Waals surface area contributed by atoms with E-state index in [1.165, 1.54) is 60.5 Å². The number of hydrogen-bond donors (Lipinski definition) is 1. The lowest BCUT2D eigenvalue weighted by molar-refractivity contribution is -0.531. The van der Waals surface area contributed by atoms with E-state index in [0.29, 0.717) is 0 Å². The Hall–Kier alpha value is -6.25. The van der Waals surface area contributed by atoms with Crippen molar-refractivity contribution >= 4 is 33.1 Å². The Morgan fingerprint density at radius 2 is 0.854 bits per heavy atom. The zero-order chi connectivity index (χ0) is 31.9. The van der Waals surface area contributed by atoms with Crippen LogP contribution in [0.2, 0.25) is 0 Å². The van der Waals surface area contributed by atoms with E-state index in [0.717, 1.165) is 17.1 Å². The van der Waals surface area contributed by atoms with Crippen molar-refractivity contribution in [1.29, 1.82) is 0 Å². The molecular formula is C46H33N2+. The molecule has 0 radical (unpaired) electrons. The first-order valence-corrected chi connectivity index (χ1v) is 16.5. The molecule has 0 fully saturated rings. The Kier molecular flexibility index (Phi) is 6.91. The maximum Gasteiger partial charge on any atom is 0.289 e. The lowest BCUT2D eigenvalue weighted by Gasteiger charge is -2.31. The fourth-order valence-electron chi connectivity index (χ4n) is 7.08. The van der Waals surface area contributed by atoms with Crippen LogP contribution in [0.25, 0.3) is 54.9 Å². The van der Waals surface area contributed by atoms with Crippen LogP contribution in [-0.2, 0) is 0 Å². The summed E-state index contributed by atoms with van der Waals surface area (Å²) in [5, 5.41) is 8.85. The molecule has 8 aromatic rings. The second-order valence-corrected chi connectivity index (χ2v) is 12.5. The van der Waals surface area contributed by atoms with E-state index in [-0.39, 0.29) is 6.17 Å². The second-order valence-electron chi connectivity index (χ2n) is 12.5. The number of fused-ring (bicyclic) bond motifs is 2. The minimum absolute atomic E-state index is 0.0482. The molecule has 8 aromatic carbocycles. The summed E-state index contributed by atoms with van der Waals surface area (Å²) in [5.74, 6) is 1.10. The van der Waals surface area contributed by atoms with Gasteiger partial charge in [0, 0.05) is 5.56 Å². The molecule has 1 aliphatic rings. The molecule has 0 spiro atoms. The van der Waals surface area contributed by atoms with Gasteiger partial charge in [-0.1, -0.05) is 140 Å². The van der Waals surface area contributed by atoms with Crippen LogP contribution in [0.1, 0.15) is 17.3 Å². The first-order valence-electron chi connectivity index (χ1n) is 16.5. The molecule has 226 valence electrons. The summed E-state index contributed by atoms with van der Waals surface area (Å²) in [4.78, 5) is 0. The van der Waals surface area contributed by atoms with E-state index in [1.54, 1.807) is 0 Å². The molecule has 1 atom stereocenters. The molecule has 1 heterocycles. The summed E-state index contributed by atoms with van der Waals surface area (Å²) in [5.41, 5.74) is 10.8. The molecule has 2 nitrogen and oxygen atoms in total. The third-order valence-corrected chi connectivity index (χ3v) is 9.52. The summed E-state index contributed by atoms with van der Waals surface area (Å²) in [6.45, 7) is 0. The largest absolute Gasteiger partial charge is 0.289 e. The number of amidine groups is 1. The van der Waals surface area contributed by atoms with Crippen LogP contribution in [0, 0.1) is 0 Å². The molecular weight excluding hydrogens is 581 g/mol. The van der Waals surface area contributed by atoms with Crippen LogP contribution < -0.4 is 5.32 Å². The number of nitrogens with one attached hydrogen (secondary N) is 1. The Labute approximate surface area is 280 Å². The van der Waals surface area contributed by atoms with Crippen molar-refractivity contribution in [3.05, 3.63) is 199 Å². The lowest BCUT2D eigenvalue weighted by atomic mass is 9.93. The minimum Gasteiger partial charge on any atom is -0.229 e. The van der Waals surface area contributed by atoms with E-state index in [4.69, 9.17) is 0 Å². The Balaban J connectivity index is 1.27. The number of hydrogen-bond acceptors (Lipinski definition) is 1. The van der Waals surface area contributed by atoms with E-state index >= 15 is 0 Å². The van der Waals surface area contributed by atoms with E-state index in [2.05, 4.69) is 198 Å². The third kappa shape index (κ3) is 5.05. The van der Waals surface area contributed by atoms with Gasteiger partial charge >= 0.3 is 0 Å². The predicted octanol–water partition coefficient (Wildman–Crippen LogP) is 11.4.